The lowest BCUT2D eigenvalue weighted by molar-refractivity contribution is 0.624. The molecule has 0 unspecified atom stereocenters. The minimum absolute atomic E-state index is 0.285. The monoisotopic (exact) mass is 319 g/mol. The zero-order valence-electron chi connectivity index (χ0n) is 12.4. The molecule has 0 bridgehead atoms. The Morgan fingerprint density at radius 1 is 1.33 bits per heavy atom. The van der Waals surface area contributed by atoms with Crippen LogP contribution in [0.25, 0.3) is 22.4 Å². The van der Waals surface area contributed by atoms with Gasteiger partial charge in [0, 0.05) is 15.9 Å². The molecule has 21 heavy (non-hydrogen) atoms. The first kappa shape index (κ1) is 14.4. The van der Waals surface area contributed by atoms with Crippen molar-refractivity contribution in [3.05, 3.63) is 34.2 Å². The number of aryl methyl sites for hydroxylation is 1. The Morgan fingerprint density at radius 2 is 2.10 bits per heavy atom. The smallest absolute Gasteiger partial charge is 0.144 e. The van der Waals surface area contributed by atoms with Gasteiger partial charge in [0.1, 0.15) is 5.82 Å². The first-order valence-corrected chi connectivity index (χ1v) is 8.26. The zero-order chi connectivity index (χ0) is 15.1. The minimum Gasteiger partial charge on any atom is -0.390 e. The number of imidazole rings is 1. The molecule has 0 aliphatic heterocycles. The maximum Gasteiger partial charge on any atom is 0.144 e. The van der Waals surface area contributed by atoms with Crippen LogP contribution in [0, 0.1) is 0 Å². The summed E-state index contributed by atoms with van der Waals surface area (Å²) < 4.78 is 2.21. The number of benzene rings is 1. The van der Waals surface area contributed by atoms with Gasteiger partial charge in [-0.1, -0.05) is 18.5 Å². The minimum atomic E-state index is 0.285. The Bertz CT molecular complexity index is 801. The largest absolute Gasteiger partial charge is 0.390 e. The normalized spacial score (nSPS) is 11.7. The van der Waals surface area contributed by atoms with Gasteiger partial charge in [0.2, 0.25) is 0 Å². The molecule has 0 aliphatic rings. The fraction of sp³-hybridized carbons (Fsp3) is 0.312. The fourth-order valence-corrected chi connectivity index (χ4v) is 3.62. The summed E-state index contributed by atoms with van der Waals surface area (Å²) in [7, 11) is 0. The molecule has 0 amide bonds. The van der Waals surface area contributed by atoms with Crippen LogP contribution in [0.5, 0.6) is 0 Å². The average Bonchev–Trinajstić information content (AvgIpc) is 2.98. The van der Waals surface area contributed by atoms with Crippen LogP contribution in [-0.2, 0) is 6.42 Å². The van der Waals surface area contributed by atoms with Crippen molar-refractivity contribution in [3.63, 3.8) is 0 Å². The standard InChI is InChI=1S/C16H18ClN3S/c1-4-11-8-12(15(18)21-11)16-19-13-6-5-10(17)7-14(13)20(16)9(2)3/h5-9H,4,18H2,1-3H3. The van der Waals surface area contributed by atoms with E-state index >= 15 is 0 Å². The number of nitrogens with zero attached hydrogens (tertiary/aromatic N) is 2. The van der Waals surface area contributed by atoms with Gasteiger partial charge in [-0.15, -0.1) is 11.3 Å². The van der Waals surface area contributed by atoms with Crippen LogP contribution in [0.2, 0.25) is 5.02 Å². The third-order valence-electron chi connectivity index (χ3n) is 3.57. The highest BCUT2D eigenvalue weighted by molar-refractivity contribution is 7.16. The van der Waals surface area contributed by atoms with E-state index in [2.05, 4.69) is 31.4 Å². The summed E-state index contributed by atoms with van der Waals surface area (Å²) in [5, 5.41) is 1.55. The molecule has 0 radical (unpaired) electrons. The number of anilines is 1. The van der Waals surface area contributed by atoms with Crippen LogP contribution < -0.4 is 5.73 Å². The van der Waals surface area contributed by atoms with Gasteiger partial charge in [-0.3, -0.25) is 0 Å². The van der Waals surface area contributed by atoms with Crippen molar-refractivity contribution in [2.24, 2.45) is 0 Å². The van der Waals surface area contributed by atoms with Crippen LogP contribution in [0.15, 0.2) is 24.3 Å². The van der Waals surface area contributed by atoms with Crippen molar-refractivity contribution < 1.29 is 0 Å². The SMILES string of the molecule is CCc1cc(-c2nc3ccc(Cl)cc3n2C(C)C)c(N)s1. The summed E-state index contributed by atoms with van der Waals surface area (Å²) in [4.78, 5) is 6.07. The molecule has 5 heteroatoms. The lowest BCUT2D eigenvalue weighted by Crippen LogP contribution is -2.03. The van der Waals surface area contributed by atoms with E-state index in [1.807, 2.05) is 18.2 Å². The summed E-state index contributed by atoms with van der Waals surface area (Å²) >= 11 is 7.79. The maximum absolute atomic E-state index is 6.21. The molecule has 1 aromatic carbocycles. The Balaban J connectivity index is 2.30. The van der Waals surface area contributed by atoms with Crippen molar-refractivity contribution >= 4 is 39.0 Å². The number of aromatic nitrogens is 2. The summed E-state index contributed by atoms with van der Waals surface area (Å²) in [5.74, 6) is 0.927. The molecule has 0 aliphatic carbocycles. The van der Waals surface area contributed by atoms with Crippen molar-refractivity contribution in [1.82, 2.24) is 9.55 Å². The topological polar surface area (TPSA) is 43.8 Å². The lowest BCUT2D eigenvalue weighted by atomic mass is 10.2. The highest BCUT2D eigenvalue weighted by atomic mass is 35.5. The lowest BCUT2D eigenvalue weighted by Gasteiger charge is -2.12. The number of hydrogen-bond acceptors (Lipinski definition) is 3. The van der Waals surface area contributed by atoms with E-state index in [1.54, 1.807) is 11.3 Å². The molecule has 3 aromatic rings. The van der Waals surface area contributed by atoms with E-state index in [9.17, 15) is 0 Å². The number of nitrogen functional groups attached to an aromatic ring is 1. The predicted molar refractivity (Wildman–Crippen MR) is 92.2 cm³/mol. The van der Waals surface area contributed by atoms with Crippen LogP contribution >= 0.6 is 22.9 Å². The summed E-state index contributed by atoms with van der Waals surface area (Å²) in [5.41, 5.74) is 9.24. The van der Waals surface area contributed by atoms with Gasteiger partial charge in [-0.05, 0) is 44.5 Å². The first-order chi connectivity index (χ1) is 10.0. The second kappa shape index (κ2) is 5.35. The highest BCUT2D eigenvalue weighted by Gasteiger charge is 2.18. The number of nitrogens with two attached hydrogens (primary N) is 1. The number of rotatable bonds is 3. The molecular formula is C16H18ClN3S. The highest BCUT2D eigenvalue weighted by Crippen LogP contribution is 2.37. The van der Waals surface area contributed by atoms with Crippen molar-refractivity contribution in [2.75, 3.05) is 5.73 Å². The Morgan fingerprint density at radius 3 is 2.71 bits per heavy atom. The van der Waals surface area contributed by atoms with Gasteiger partial charge in [0.25, 0.3) is 0 Å². The Kier molecular flexibility index (Phi) is 3.68. The maximum atomic E-state index is 6.21. The molecule has 2 N–H and O–H groups in total. The fourth-order valence-electron chi connectivity index (χ4n) is 2.59. The van der Waals surface area contributed by atoms with Crippen LogP contribution in [0.3, 0.4) is 0 Å². The van der Waals surface area contributed by atoms with E-state index in [0.717, 1.165) is 38.9 Å². The van der Waals surface area contributed by atoms with E-state index in [0.29, 0.717) is 0 Å². The van der Waals surface area contributed by atoms with E-state index in [4.69, 9.17) is 22.3 Å². The number of hydrogen-bond donors (Lipinski definition) is 1. The summed E-state index contributed by atoms with van der Waals surface area (Å²) in [6.07, 6.45) is 0.989. The quantitative estimate of drug-likeness (QED) is 0.726. The second-order valence-corrected chi connectivity index (χ2v) is 6.98. The van der Waals surface area contributed by atoms with Gasteiger partial charge >= 0.3 is 0 Å². The Labute approximate surface area is 133 Å². The number of fused-ring (bicyclic) bond motifs is 1. The summed E-state index contributed by atoms with van der Waals surface area (Å²) in [6.45, 7) is 6.43. The molecule has 0 atom stereocenters. The van der Waals surface area contributed by atoms with Crippen LogP contribution in [0.4, 0.5) is 5.00 Å². The van der Waals surface area contributed by atoms with Crippen molar-refractivity contribution in [1.29, 1.82) is 0 Å². The van der Waals surface area contributed by atoms with E-state index in [1.165, 1.54) is 4.88 Å². The predicted octanol–water partition coefficient (Wildman–Crippen LogP) is 5.14. The first-order valence-electron chi connectivity index (χ1n) is 7.07. The van der Waals surface area contributed by atoms with Crippen LogP contribution in [-0.4, -0.2) is 9.55 Å². The molecule has 110 valence electrons. The molecule has 0 saturated heterocycles. The van der Waals surface area contributed by atoms with Gasteiger partial charge in [-0.2, -0.15) is 0 Å². The summed E-state index contributed by atoms with van der Waals surface area (Å²) in [6, 6.07) is 8.24. The average molecular weight is 320 g/mol. The third-order valence-corrected chi connectivity index (χ3v) is 4.91. The number of thiophene rings is 1. The van der Waals surface area contributed by atoms with Crippen molar-refractivity contribution in [3.8, 4) is 11.4 Å². The number of halogens is 1. The van der Waals surface area contributed by atoms with Gasteiger partial charge in [0.05, 0.1) is 21.6 Å². The Hall–Kier alpha value is -1.52. The zero-order valence-corrected chi connectivity index (χ0v) is 13.9. The van der Waals surface area contributed by atoms with Crippen LogP contribution in [0.1, 0.15) is 31.7 Å². The van der Waals surface area contributed by atoms with Gasteiger partial charge in [0.15, 0.2) is 0 Å². The molecule has 2 aromatic heterocycles. The molecular weight excluding hydrogens is 302 g/mol. The van der Waals surface area contributed by atoms with E-state index in [-0.39, 0.29) is 6.04 Å². The molecule has 0 spiro atoms. The molecule has 0 saturated carbocycles. The molecule has 0 fully saturated rings. The molecule has 3 rings (SSSR count). The van der Waals surface area contributed by atoms with Gasteiger partial charge in [-0.25, -0.2) is 4.98 Å². The van der Waals surface area contributed by atoms with E-state index < -0.39 is 0 Å². The third kappa shape index (κ3) is 2.43. The molecule has 2 heterocycles. The van der Waals surface area contributed by atoms with Crippen molar-refractivity contribution in [2.45, 2.75) is 33.2 Å². The molecule has 3 nitrogen and oxygen atoms in total. The van der Waals surface area contributed by atoms with Gasteiger partial charge < -0.3 is 10.3 Å². The second-order valence-electron chi connectivity index (χ2n) is 5.38.